The van der Waals surface area contributed by atoms with Gasteiger partial charge < -0.3 is 14.6 Å². The first kappa shape index (κ1) is 19.1. The number of carbonyl (C=O) groups is 2. The molecule has 27 heavy (non-hydrogen) atoms. The second-order valence-electron chi connectivity index (χ2n) is 6.59. The number of nitrogens with zero attached hydrogens (tertiary/aromatic N) is 3. The highest BCUT2D eigenvalue weighted by atomic mass is 16.4. The predicted octanol–water partition coefficient (Wildman–Crippen LogP) is 1.55. The Balaban J connectivity index is 1.43. The molecule has 1 aliphatic heterocycles. The highest BCUT2D eigenvalue weighted by Crippen LogP contribution is 2.20. The smallest absolute Gasteiger partial charge is 0.234 e. The van der Waals surface area contributed by atoms with Gasteiger partial charge in [0.25, 0.3) is 0 Å². The summed E-state index contributed by atoms with van der Waals surface area (Å²) in [4.78, 5) is 32.3. The molecule has 1 aromatic heterocycles. The van der Waals surface area contributed by atoms with Crippen molar-refractivity contribution in [3.05, 3.63) is 42.4 Å². The van der Waals surface area contributed by atoms with Gasteiger partial charge in [0.2, 0.25) is 11.8 Å². The van der Waals surface area contributed by atoms with Gasteiger partial charge in [-0.05, 0) is 6.92 Å². The van der Waals surface area contributed by atoms with Gasteiger partial charge in [0, 0.05) is 51.1 Å². The molecule has 0 spiro atoms. The number of likely N-dealkylation sites (N-methyl/N-ethyl adjacent to an activating group) is 1. The Kier molecular flexibility index (Phi) is 6.59. The van der Waals surface area contributed by atoms with Crippen molar-refractivity contribution in [3.63, 3.8) is 0 Å². The molecule has 1 aromatic carbocycles. The number of piperazine rings is 1. The lowest BCUT2D eigenvalue weighted by Crippen LogP contribution is -2.51. The van der Waals surface area contributed by atoms with E-state index in [1.54, 1.807) is 6.20 Å². The molecule has 1 aliphatic rings. The lowest BCUT2D eigenvalue weighted by atomic mass is 10.2. The van der Waals surface area contributed by atoms with Crippen LogP contribution in [0.5, 0.6) is 0 Å². The van der Waals surface area contributed by atoms with Gasteiger partial charge in [0.05, 0.1) is 12.7 Å². The summed E-state index contributed by atoms with van der Waals surface area (Å²) >= 11 is 0. The third-order valence-electron chi connectivity index (χ3n) is 4.63. The van der Waals surface area contributed by atoms with Crippen LogP contribution in [0.25, 0.3) is 11.3 Å². The number of nitrogens with one attached hydrogen (secondary N) is 1. The first-order valence-corrected chi connectivity index (χ1v) is 9.42. The largest absolute Gasteiger partial charge is 0.441 e. The number of hydrogen-bond acceptors (Lipinski definition) is 5. The summed E-state index contributed by atoms with van der Waals surface area (Å²) < 4.78 is 5.76. The summed E-state index contributed by atoms with van der Waals surface area (Å²) in [5.41, 5.74) is 0.978. The first-order chi connectivity index (χ1) is 13.2. The Labute approximate surface area is 159 Å². The van der Waals surface area contributed by atoms with E-state index in [9.17, 15) is 9.59 Å². The Hall–Kier alpha value is -2.67. The van der Waals surface area contributed by atoms with Gasteiger partial charge in [-0.25, -0.2) is 4.98 Å². The highest BCUT2D eigenvalue weighted by Gasteiger charge is 2.22. The number of oxazole rings is 1. The molecule has 2 amide bonds. The van der Waals surface area contributed by atoms with Crippen molar-refractivity contribution in [2.24, 2.45) is 0 Å². The van der Waals surface area contributed by atoms with Gasteiger partial charge in [-0.1, -0.05) is 30.3 Å². The number of benzene rings is 1. The average molecular weight is 370 g/mol. The van der Waals surface area contributed by atoms with E-state index in [2.05, 4.69) is 15.2 Å². The Morgan fingerprint density at radius 1 is 1.15 bits per heavy atom. The zero-order valence-electron chi connectivity index (χ0n) is 15.7. The quantitative estimate of drug-likeness (QED) is 0.800. The fourth-order valence-corrected chi connectivity index (χ4v) is 3.15. The molecule has 0 atom stereocenters. The van der Waals surface area contributed by atoms with Gasteiger partial charge in [-0.2, -0.15) is 0 Å². The van der Waals surface area contributed by atoms with Crippen molar-refractivity contribution in [1.29, 1.82) is 0 Å². The van der Waals surface area contributed by atoms with E-state index in [-0.39, 0.29) is 11.8 Å². The van der Waals surface area contributed by atoms with Crippen LogP contribution in [-0.2, 0) is 16.0 Å². The standard InChI is InChI=1S/C20H26N4O3/c1-2-21-18(25)15-23-10-12-24(13-11-23)20(26)9-8-19-22-14-17(27-19)16-6-4-3-5-7-16/h3-7,14H,2,8-13,15H2,1H3,(H,21,25). The zero-order chi connectivity index (χ0) is 19.1. The predicted molar refractivity (Wildman–Crippen MR) is 102 cm³/mol. The fourth-order valence-electron chi connectivity index (χ4n) is 3.15. The molecule has 1 saturated heterocycles. The SMILES string of the molecule is CCNC(=O)CN1CCN(C(=O)CCc2ncc(-c3ccccc3)o2)CC1. The lowest BCUT2D eigenvalue weighted by molar-refractivity contribution is -0.133. The minimum atomic E-state index is 0.0374. The number of aromatic nitrogens is 1. The van der Waals surface area contributed by atoms with Gasteiger partial charge in [-0.3, -0.25) is 14.5 Å². The molecule has 0 saturated carbocycles. The molecule has 0 aliphatic carbocycles. The molecule has 1 fully saturated rings. The van der Waals surface area contributed by atoms with E-state index in [1.165, 1.54) is 0 Å². The number of aryl methyl sites for hydroxylation is 1. The van der Waals surface area contributed by atoms with Crippen molar-refractivity contribution in [3.8, 4) is 11.3 Å². The van der Waals surface area contributed by atoms with Crippen molar-refractivity contribution in [2.75, 3.05) is 39.3 Å². The molecule has 2 heterocycles. The summed E-state index contributed by atoms with van der Waals surface area (Å²) in [5, 5.41) is 2.80. The number of hydrogen-bond donors (Lipinski definition) is 1. The molecule has 1 N–H and O–H groups in total. The minimum absolute atomic E-state index is 0.0374. The molecule has 2 aromatic rings. The van der Waals surface area contributed by atoms with E-state index >= 15 is 0 Å². The molecule has 7 nitrogen and oxygen atoms in total. The number of carbonyl (C=O) groups excluding carboxylic acids is 2. The summed E-state index contributed by atoms with van der Waals surface area (Å²) in [6.07, 6.45) is 2.57. The summed E-state index contributed by atoms with van der Waals surface area (Å²) in [6, 6.07) is 9.79. The van der Waals surface area contributed by atoms with Crippen LogP contribution in [0.1, 0.15) is 19.2 Å². The van der Waals surface area contributed by atoms with E-state index < -0.39 is 0 Å². The van der Waals surface area contributed by atoms with Crippen molar-refractivity contribution in [2.45, 2.75) is 19.8 Å². The summed E-state index contributed by atoms with van der Waals surface area (Å²) in [5.74, 6) is 1.44. The second kappa shape index (κ2) is 9.32. The average Bonchev–Trinajstić information content (AvgIpc) is 3.17. The minimum Gasteiger partial charge on any atom is -0.441 e. The van der Waals surface area contributed by atoms with Crippen LogP contribution in [0, 0.1) is 0 Å². The molecule has 0 bridgehead atoms. The molecule has 7 heteroatoms. The van der Waals surface area contributed by atoms with E-state index in [1.807, 2.05) is 42.2 Å². The monoisotopic (exact) mass is 370 g/mol. The van der Waals surface area contributed by atoms with Crippen LogP contribution in [0.2, 0.25) is 0 Å². The topological polar surface area (TPSA) is 78.7 Å². The molecule has 0 radical (unpaired) electrons. The van der Waals surface area contributed by atoms with Crippen molar-refractivity contribution in [1.82, 2.24) is 20.1 Å². The normalized spacial score (nSPS) is 14.9. The van der Waals surface area contributed by atoms with Crippen LogP contribution in [0.3, 0.4) is 0 Å². The molecular formula is C20H26N4O3. The Bertz CT molecular complexity index is 752. The molecular weight excluding hydrogens is 344 g/mol. The fraction of sp³-hybridized carbons (Fsp3) is 0.450. The van der Waals surface area contributed by atoms with E-state index in [0.717, 1.165) is 24.4 Å². The van der Waals surface area contributed by atoms with Gasteiger partial charge in [-0.15, -0.1) is 0 Å². The van der Waals surface area contributed by atoms with Crippen LogP contribution < -0.4 is 5.32 Å². The van der Waals surface area contributed by atoms with Crippen molar-refractivity contribution >= 4 is 11.8 Å². The number of rotatable bonds is 7. The van der Waals surface area contributed by atoms with E-state index in [4.69, 9.17) is 4.42 Å². The maximum absolute atomic E-state index is 12.4. The molecule has 144 valence electrons. The molecule has 0 unspecified atom stereocenters. The van der Waals surface area contributed by atoms with Gasteiger partial charge >= 0.3 is 0 Å². The second-order valence-corrected chi connectivity index (χ2v) is 6.59. The lowest BCUT2D eigenvalue weighted by Gasteiger charge is -2.34. The third kappa shape index (κ3) is 5.40. The van der Waals surface area contributed by atoms with Crippen LogP contribution in [-0.4, -0.2) is 65.9 Å². The molecule has 3 rings (SSSR count). The van der Waals surface area contributed by atoms with Crippen LogP contribution in [0.15, 0.2) is 40.9 Å². The Morgan fingerprint density at radius 2 is 1.89 bits per heavy atom. The Morgan fingerprint density at radius 3 is 2.59 bits per heavy atom. The van der Waals surface area contributed by atoms with Gasteiger partial charge in [0.1, 0.15) is 0 Å². The van der Waals surface area contributed by atoms with E-state index in [0.29, 0.717) is 44.9 Å². The van der Waals surface area contributed by atoms with Crippen LogP contribution >= 0.6 is 0 Å². The van der Waals surface area contributed by atoms with Crippen LogP contribution in [0.4, 0.5) is 0 Å². The first-order valence-electron chi connectivity index (χ1n) is 9.42. The van der Waals surface area contributed by atoms with Crippen molar-refractivity contribution < 1.29 is 14.0 Å². The van der Waals surface area contributed by atoms with Gasteiger partial charge in [0.15, 0.2) is 11.7 Å². The highest BCUT2D eigenvalue weighted by molar-refractivity contribution is 5.78. The maximum Gasteiger partial charge on any atom is 0.234 e. The summed E-state index contributed by atoms with van der Waals surface area (Å²) in [6.45, 7) is 5.70. The summed E-state index contributed by atoms with van der Waals surface area (Å²) in [7, 11) is 0. The zero-order valence-corrected chi connectivity index (χ0v) is 15.7. The third-order valence-corrected chi connectivity index (χ3v) is 4.63. The number of amides is 2. The maximum atomic E-state index is 12.4.